The minimum Gasteiger partial charge on any atom is -0.461 e. The maximum absolute atomic E-state index is 11.9. The Kier molecular flexibility index (Phi) is 6.32. The molecule has 1 unspecified atom stereocenters. The molecule has 0 aliphatic heterocycles. The van der Waals surface area contributed by atoms with Gasteiger partial charge in [-0.15, -0.1) is 12.4 Å². The van der Waals surface area contributed by atoms with Crippen molar-refractivity contribution in [3.8, 4) is 0 Å². The van der Waals surface area contributed by atoms with Crippen molar-refractivity contribution in [3.05, 3.63) is 28.1 Å². The third-order valence-electron chi connectivity index (χ3n) is 3.58. The second-order valence-corrected chi connectivity index (χ2v) is 5.68. The lowest BCUT2D eigenvalue weighted by Crippen LogP contribution is -2.17. The van der Waals surface area contributed by atoms with E-state index in [1.165, 1.54) is 5.57 Å². The van der Waals surface area contributed by atoms with Crippen molar-refractivity contribution in [2.24, 2.45) is 5.73 Å². The highest BCUT2D eigenvalue weighted by atomic mass is 35.5. The second-order valence-electron chi connectivity index (χ2n) is 5.30. The predicted octanol–water partition coefficient (Wildman–Crippen LogP) is 3.56. The zero-order chi connectivity index (χ0) is 14.9. The summed E-state index contributed by atoms with van der Waals surface area (Å²) in [7, 11) is 0. The zero-order valence-corrected chi connectivity index (χ0v) is 14.2. The molecule has 3 N–H and O–H groups in total. The summed E-state index contributed by atoms with van der Waals surface area (Å²) in [5, 5.41) is 0.743. The van der Waals surface area contributed by atoms with Crippen LogP contribution in [0, 0.1) is 6.92 Å². The van der Waals surface area contributed by atoms with Gasteiger partial charge in [0.15, 0.2) is 0 Å². The van der Waals surface area contributed by atoms with Gasteiger partial charge in [-0.25, -0.2) is 4.79 Å². The second kappa shape index (κ2) is 7.34. The number of hydrogen-bond donors (Lipinski definition) is 2. The van der Waals surface area contributed by atoms with E-state index in [4.69, 9.17) is 22.1 Å². The molecule has 4 nitrogen and oxygen atoms in total. The lowest BCUT2D eigenvalue weighted by molar-refractivity contribution is 0.0519. The average molecular weight is 333 g/mol. The van der Waals surface area contributed by atoms with Crippen LogP contribution in [0.3, 0.4) is 0 Å². The monoisotopic (exact) mass is 332 g/mol. The Morgan fingerprint density at radius 2 is 2.14 bits per heavy atom. The van der Waals surface area contributed by atoms with Crippen LogP contribution in [-0.2, 0) is 11.2 Å². The Bertz CT molecular complexity index is 562. The van der Waals surface area contributed by atoms with Gasteiger partial charge in [0.05, 0.1) is 6.61 Å². The molecule has 21 heavy (non-hydrogen) atoms. The molecule has 1 heterocycles. The number of H-pyrrole nitrogens is 1. The number of esters is 1. The van der Waals surface area contributed by atoms with Crippen LogP contribution in [0.5, 0.6) is 0 Å². The molecule has 1 aromatic rings. The van der Waals surface area contributed by atoms with Gasteiger partial charge in [0.2, 0.25) is 0 Å². The van der Waals surface area contributed by atoms with Crippen molar-refractivity contribution in [2.75, 3.05) is 6.61 Å². The van der Waals surface area contributed by atoms with E-state index in [2.05, 4.69) is 4.98 Å². The largest absolute Gasteiger partial charge is 0.461 e. The third kappa shape index (κ3) is 3.62. The van der Waals surface area contributed by atoms with Gasteiger partial charge in [-0.3, -0.25) is 0 Å². The summed E-state index contributed by atoms with van der Waals surface area (Å²) in [6, 6.07) is 0.0871. The summed E-state index contributed by atoms with van der Waals surface area (Å²) in [4.78, 5) is 15.1. The standard InChI is InChI=1S/C15H21ClN2O2.ClH/c1-4-20-15(19)14-9(3)12-11(18-14)6-5-10(13(12)16)7-8(2)17;/h8,18H,4-7,17H2,1-3H3;1H. The summed E-state index contributed by atoms with van der Waals surface area (Å²) in [5.41, 5.74) is 10.4. The molecule has 6 heteroatoms. The van der Waals surface area contributed by atoms with Gasteiger partial charge in [0, 0.05) is 22.3 Å². The fourth-order valence-corrected chi connectivity index (χ4v) is 3.12. The first-order chi connectivity index (χ1) is 9.45. The molecule has 0 radical (unpaired) electrons. The van der Waals surface area contributed by atoms with Crippen molar-refractivity contribution in [2.45, 2.75) is 46.1 Å². The molecular weight excluding hydrogens is 311 g/mol. The molecule has 1 aliphatic carbocycles. The Hall–Kier alpha value is -0.970. The molecule has 2 rings (SSSR count). The van der Waals surface area contributed by atoms with E-state index in [-0.39, 0.29) is 24.4 Å². The van der Waals surface area contributed by atoms with Crippen LogP contribution in [0.1, 0.15) is 54.0 Å². The lowest BCUT2D eigenvalue weighted by Gasteiger charge is -2.19. The first kappa shape index (κ1) is 18.1. The molecule has 0 spiro atoms. The number of nitrogens with two attached hydrogens (primary N) is 1. The van der Waals surface area contributed by atoms with Crippen LogP contribution in [0.15, 0.2) is 5.57 Å². The SMILES string of the molecule is CCOC(=O)c1[nH]c2c(c1C)C(Cl)=C(CC(C)N)CC2.Cl. The van der Waals surface area contributed by atoms with Crippen LogP contribution >= 0.6 is 24.0 Å². The summed E-state index contributed by atoms with van der Waals surface area (Å²) in [5.74, 6) is -0.322. The van der Waals surface area contributed by atoms with Gasteiger partial charge in [-0.1, -0.05) is 11.6 Å². The van der Waals surface area contributed by atoms with E-state index in [0.717, 1.165) is 41.1 Å². The minimum atomic E-state index is -0.322. The van der Waals surface area contributed by atoms with Crippen LogP contribution in [0.4, 0.5) is 0 Å². The molecule has 0 fully saturated rings. The first-order valence-corrected chi connectivity index (χ1v) is 7.35. The van der Waals surface area contributed by atoms with Crippen LogP contribution < -0.4 is 5.73 Å². The van der Waals surface area contributed by atoms with Gasteiger partial charge in [-0.2, -0.15) is 0 Å². The van der Waals surface area contributed by atoms with Gasteiger partial charge >= 0.3 is 5.97 Å². The fraction of sp³-hybridized carbons (Fsp3) is 0.533. The molecule has 0 saturated heterocycles. The Labute approximate surface area is 136 Å². The summed E-state index contributed by atoms with van der Waals surface area (Å²) in [6.07, 6.45) is 2.53. The van der Waals surface area contributed by atoms with Crippen molar-refractivity contribution in [3.63, 3.8) is 0 Å². The fourth-order valence-electron chi connectivity index (χ4n) is 2.69. The van der Waals surface area contributed by atoms with Crippen molar-refractivity contribution < 1.29 is 9.53 Å². The number of ether oxygens (including phenoxy) is 1. The van der Waals surface area contributed by atoms with Crippen molar-refractivity contribution in [1.29, 1.82) is 0 Å². The normalized spacial score (nSPS) is 15.3. The maximum Gasteiger partial charge on any atom is 0.355 e. The summed E-state index contributed by atoms with van der Waals surface area (Å²) >= 11 is 6.51. The number of carbonyl (C=O) groups is 1. The van der Waals surface area contributed by atoms with Crippen LogP contribution in [0.2, 0.25) is 0 Å². The Morgan fingerprint density at radius 3 is 2.71 bits per heavy atom. The number of aromatic nitrogens is 1. The van der Waals surface area contributed by atoms with Crippen molar-refractivity contribution in [1.82, 2.24) is 4.98 Å². The molecule has 1 atom stereocenters. The molecule has 0 saturated carbocycles. The number of carbonyl (C=O) groups excluding carboxylic acids is 1. The maximum atomic E-state index is 11.9. The number of halogens is 2. The highest BCUT2D eigenvalue weighted by Gasteiger charge is 2.26. The quantitative estimate of drug-likeness (QED) is 0.828. The average Bonchev–Trinajstić information content (AvgIpc) is 2.71. The number of fused-ring (bicyclic) bond motifs is 1. The van der Waals surface area contributed by atoms with E-state index in [1.807, 2.05) is 13.8 Å². The molecule has 1 aliphatic rings. The predicted molar refractivity (Wildman–Crippen MR) is 88.1 cm³/mol. The molecule has 1 aromatic heterocycles. The topological polar surface area (TPSA) is 68.1 Å². The van der Waals surface area contributed by atoms with Crippen LogP contribution in [0.25, 0.3) is 5.03 Å². The van der Waals surface area contributed by atoms with E-state index < -0.39 is 0 Å². The van der Waals surface area contributed by atoms with E-state index in [0.29, 0.717) is 12.3 Å². The van der Waals surface area contributed by atoms with E-state index in [1.54, 1.807) is 6.92 Å². The minimum absolute atomic E-state index is 0. The molecule has 0 aromatic carbocycles. The van der Waals surface area contributed by atoms with E-state index >= 15 is 0 Å². The van der Waals surface area contributed by atoms with Crippen LogP contribution in [-0.4, -0.2) is 23.6 Å². The number of aryl methyl sites for hydroxylation is 1. The molecule has 0 amide bonds. The number of rotatable bonds is 4. The smallest absolute Gasteiger partial charge is 0.355 e. The Morgan fingerprint density at radius 1 is 1.48 bits per heavy atom. The molecule has 118 valence electrons. The summed E-state index contributed by atoms with van der Waals surface area (Å²) < 4.78 is 5.06. The molecular formula is C15H22Cl2N2O2. The van der Waals surface area contributed by atoms with E-state index in [9.17, 15) is 4.79 Å². The van der Waals surface area contributed by atoms with Crippen molar-refractivity contribution >= 4 is 35.0 Å². The lowest BCUT2D eigenvalue weighted by atomic mass is 9.91. The van der Waals surface area contributed by atoms with Gasteiger partial charge in [0.1, 0.15) is 5.69 Å². The number of hydrogen-bond acceptors (Lipinski definition) is 3. The van der Waals surface area contributed by atoms with Gasteiger partial charge in [0.25, 0.3) is 0 Å². The first-order valence-electron chi connectivity index (χ1n) is 6.97. The number of aromatic amines is 1. The molecule has 0 bridgehead atoms. The summed E-state index contributed by atoms with van der Waals surface area (Å²) in [6.45, 7) is 6.03. The highest BCUT2D eigenvalue weighted by Crippen LogP contribution is 2.38. The zero-order valence-electron chi connectivity index (χ0n) is 12.6. The Balaban J connectivity index is 0.00000220. The third-order valence-corrected chi connectivity index (χ3v) is 4.04. The van der Waals surface area contributed by atoms with Gasteiger partial charge in [-0.05, 0) is 51.2 Å². The number of nitrogens with one attached hydrogen (secondary N) is 1. The highest BCUT2D eigenvalue weighted by molar-refractivity contribution is 6.49. The van der Waals surface area contributed by atoms with Gasteiger partial charge < -0.3 is 15.5 Å².